The fourth-order valence-corrected chi connectivity index (χ4v) is 3.08. The maximum Gasteiger partial charge on any atom is 0.490 e. The molecule has 1 amide bonds. The van der Waals surface area contributed by atoms with Crippen molar-refractivity contribution >= 4 is 11.9 Å². The highest BCUT2D eigenvalue weighted by molar-refractivity contribution is 5.95. The topological polar surface area (TPSA) is 94.4 Å². The molecular weight excluding hydrogens is 410 g/mol. The quantitative estimate of drug-likeness (QED) is 0.714. The van der Waals surface area contributed by atoms with E-state index < -0.39 is 24.0 Å². The van der Waals surface area contributed by atoms with E-state index in [1.807, 2.05) is 0 Å². The van der Waals surface area contributed by atoms with Crippen molar-refractivity contribution in [1.29, 1.82) is 0 Å². The molecule has 1 aromatic rings. The van der Waals surface area contributed by atoms with Crippen LogP contribution in [0.3, 0.4) is 0 Å². The molecule has 158 valence electrons. The molecule has 0 unspecified atom stereocenters. The average Bonchev–Trinajstić information content (AvgIpc) is 3.34. The summed E-state index contributed by atoms with van der Waals surface area (Å²) in [6.07, 6.45) is -8.66. The molecule has 2 N–H and O–H groups in total. The van der Waals surface area contributed by atoms with Crippen molar-refractivity contribution in [2.45, 2.75) is 30.0 Å². The molecule has 0 atom stereocenters. The summed E-state index contributed by atoms with van der Waals surface area (Å²) in [6, 6.07) is 5.41. The van der Waals surface area contributed by atoms with Crippen LogP contribution in [0.1, 0.15) is 22.3 Å². The first-order valence-electron chi connectivity index (χ1n) is 8.27. The number of carbonyl (C=O) groups excluding carboxylic acids is 1. The van der Waals surface area contributed by atoms with Gasteiger partial charge in [0.1, 0.15) is 0 Å². The first kappa shape index (κ1) is 21.0. The number of benzene rings is 1. The van der Waals surface area contributed by atoms with Crippen LogP contribution in [-0.2, 0) is 10.5 Å². The van der Waals surface area contributed by atoms with Crippen LogP contribution >= 0.6 is 0 Å². The number of aliphatic carboxylic acids is 1. The lowest BCUT2D eigenvalue weighted by Crippen LogP contribution is -2.76. The Morgan fingerprint density at radius 3 is 1.83 bits per heavy atom. The van der Waals surface area contributed by atoms with Crippen LogP contribution in [0, 0.1) is 0 Å². The third-order valence-electron chi connectivity index (χ3n) is 5.00. The van der Waals surface area contributed by atoms with E-state index in [4.69, 9.17) is 9.90 Å². The SMILES string of the molecule is O=C(O)C(F)(F)F.O=C(c1ccc(C2(C(F)(F)F)N=N2)cc1)N1CCC12CNC2. The maximum absolute atomic E-state index is 12.9. The van der Waals surface area contributed by atoms with Gasteiger partial charge >= 0.3 is 24.0 Å². The number of rotatable bonds is 2. The summed E-state index contributed by atoms with van der Waals surface area (Å²) < 4.78 is 70.5. The Hall–Kier alpha value is -2.70. The van der Waals surface area contributed by atoms with Crippen molar-refractivity contribution in [3.05, 3.63) is 35.4 Å². The third-order valence-corrected chi connectivity index (χ3v) is 5.00. The summed E-state index contributed by atoms with van der Waals surface area (Å²) in [4.78, 5) is 23.1. The molecule has 7 nitrogen and oxygen atoms in total. The zero-order chi connectivity index (χ0) is 21.7. The van der Waals surface area contributed by atoms with Crippen molar-refractivity contribution in [2.24, 2.45) is 10.2 Å². The minimum atomic E-state index is -5.08. The van der Waals surface area contributed by atoms with E-state index in [1.54, 1.807) is 4.90 Å². The lowest BCUT2D eigenvalue weighted by Gasteiger charge is -2.58. The van der Waals surface area contributed by atoms with Crippen LogP contribution in [0.2, 0.25) is 0 Å². The van der Waals surface area contributed by atoms with E-state index in [9.17, 15) is 31.1 Å². The number of nitrogens with zero attached hydrogens (tertiary/aromatic N) is 3. The van der Waals surface area contributed by atoms with Crippen molar-refractivity contribution in [3.8, 4) is 0 Å². The minimum Gasteiger partial charge on any atom is -0.475 e. The molecule has 13 heteroatoms. The zero-order valence-corrected chi connectivity index (χ0v) is 14.5. The Bertz CT molecular complexity index is 834. The number of carbonyl (C=O) groups is 2. The fraction of sp³-hybridized carbons (Fsp3) is 0.500. The highest BCUT2D eigenvalue weighted by Gasteiger charge is 2.65. The second-order valence-corrected chi connectivity index (χ2v) is 6.78. The van der Waals surface area contributed by atoms with Crippen LogP contribution in [0.4, 0.5) is 26.3 Å². The van der Waals surface area contributed by atoms with Gasteiger partial charge in [-0.05, 0) is 18.6 Å². The number of nitrogens with one attached hydrogen (secondary N) is 1. The van der Waals surface area contributed by atoms with E-state index >= 15 is 0 Å². The number of carboxylic acids is 1. The highest BCUT2D eigenvalue weighted by atomic mass is 19.4. The Kier molecular flexibility index (Phi) is 4.84. The van der Waals surface area contributed by atoms with Gasteiger partial charge in [-0.1, -0.05) is 12.1 Å². The molecule has 0 saturated carbocycles. The number of alkyl halides is 6. The third kappa shape index (κ3) is 3.66. The predicted molar refractivity (Wildman–Crippen MR) is 84.0 cm³/mol. The molecule has 1 aromatic carbocycles. The lowest BCUT2D eigenvalue weighted by molar-refractivity contribution is -0.192. The normalized spacial score (nSPS) is 20.8. The molecule has 3 aliphatic rings. The molecule has 0 aromatic heterocycles. The summed E-state index contributed by atoms with van der Waals surface area (Å²) >= 11 is 0. The van der Waals surface area contributed by atoms with Crippen LogP contribution in [-0.4, -0.2) is 59.4 Å². The molecular formula is C16H14F6N4O3. The Balaban J connectivity index is 0.000000298. The number of carboxylic acid groups (broad SMARTS) is 1. The van der Waals surface area contributed by atoms with Crippen LogP contribution < -0.4 is 5.32 Å². The second kappa shape index (κ2) is 6.68. The Morgan fingerprint density at radius 2 is 1.55 bits per heavy atom. The van der Waals surface area contributed by atoms with Gasteiger partial charge in [0.15, 0.2) is 0 Å². The van der Waals surface area contributed by atoms with Gasteiger partial charge in [-0.15, -0.1) is 10.2 Å². The number of likely N-dealkylation sites (tertiary alicyclic amines) is 1. The number of hydrogen-bond donors (Lipinski definition) is 2. The molecule has 0 bridgehead atoms. The first-order valence-corrected chi connectivity index (χ1v) is 8.27. The molecule has 2 fully saturated rings. The van der Waals surface area contributed by atoms with E-state index in [0.717, 1.165) is 19.5 Å². The van der Waals surface area contributed by atoms with Crippen LogP contribution in [0.25, 0.3) is 0 Å². The molecule has 0 aliphatic carbocycles. The van der Waals surface area contributed by atoms with Gasteiger partial charge in [0.2, 0.25) is 0 Å². The van der Waals surface area contributed by atoms with E-state index in [1.165, 1.54) is 24.3 Å². The number of halogens is 6. The Labute approximate surface area is 159 Å². The number of amides is 1. The fourth-order valence-electron chi connectivity index (χ4n) is 3.08. The van der Waals surface area contributed by atoms with Crippen molar-refractivity contribution in [3.63, 3.8) is 0 Å². The lowest BCUT2D eigenvalue weighted by atomic mass is 9.78. The van der Waals surface area contributed by atoms with Gasteiger partial charge in [-0.3, -0.25) is 4.79 Å². The monoisotopic (exact) mass is 424 g/mol. The van der Waals surface area contributed by atoms with Crippen molar-refractivity contribution in [2.75, 3.05) is 19.6 Å². The van der Waals surface area contributed by atoms with Gasteiger partial charge < -0.3 is 15.3 Å². The second-order valence-electron chi connectivity index (χ2n) is 6.78. The summed E-state index contributed by atoms with van der Waals surface area (Å²) in [7, 11) is 0. The molecule has 3 aliphatic heterocycles. The van der Waals surface area contributed by atoms with Crippen LogP contribution in [0.15, 0.2) is 34.5 Å². The molecule has 4 rings (SSSR count). The molecule has 3 heterocycles. The summed E-state index contributed by atoms with van der Waals surface area (Å²) in [5, 5.41) is 16.6. The summed E-state index contributed by atoms with van der Waals surface area (Å²) in [5.74, 6) is -2.89. The first-order chi connectivity index (χ1) is 13.3. The van der Waals surface area contributed by atoms with Crippen LogP contribution in [0.5, 0.6) is 0 Å². The van der Waals surface area contributed by atoms with E-state index in [0.29, 0.717) is 12.1 Å². The average molecular weight is 424 g/mol. The number of hydrogen-bond acceptors (Lipinski definition) is 5. The maximum atomic E-state index is 12.9. The van der Waals surface area contributed by atoms with Crippen molar-refractivity contribution in [1.82, 2.24) is 10.2 Å². The molecule has 29 heavy (non-hydrogen) atoms. The van der Waals surface area contributed by atoms with Gasteiger partial charge in [0.05, 0.1) is 5.54 Å². The van der Waals surface area contributed by atoms with Gasteiger partial charge in [-0.25, -0.2) is 4.79 Å². The minimum absolute atomic E-state index is 0.0554. The van der Waals surface area contributed by atoms with Crippen molar-refractivity contribution < 1.29 is 41.0 Å². The zero-order valence-electron chi connectivity index (χ0n) is 14.5. The van der Waals surface area contributed by atoms with E-state index in [2.05, 4.69) is 15.5 Å². The smallest absolute Gasteiger partial charge is 0.475 e. The molecule has 1 spiro atoms. The van der Waals surface area contributed by atoms with Gasteiger partial charge in [-0.2, -0.15) is 26.3 Å². The summed E-state index contributed by atoms with van der Waals surface area (Å²) in [5.41, 5.74) is -2.16. The highest BCUT2D eigenvalue weighted by Crippen LogP contribution is 2.52. The molecule has 2 saturated heterocycles. The summed E-state index contributed by atoms with van der Waals surface area (Å²) in [6.45, 7) is 2.26. The predicted octanol–water partition coefficient (Wildman–Crippen LogP) is 2.69. The van der Waals surface area contributed by atoms with Gasteiger partial charge in [0, 0.05) is 30.8 Å². The largest absolute Gasteiger partial charge is 0.490 e. The standard InChI is InChI=1S/C14H13F3N4O.C2HF3O2/c15-14(16,17)13(19-20-13)10-3-1-9(2-4-10)11(22)21-6-5-12(21)7-18-8-12;3-2(4,5)1(6)7/h1-4,18H,5-8H2;(H,6,7). The van der Waals surface area contributed by atoms with E-state index in [-0.39, 0.29) is 17.0 Å². The molecule has 0 radical (unpaired) electrons. The van der Waals surface area contributed by atoms with Gasteiger partial charge in [0.25, 0.3) is 5.91 Å². The Morgan fingerprint density at radius 1 is 1.03 bits per heavy atom.